The monoisotopic (exact) mass is 670 g/mol. The Labute approximate surface area is 274 Å². The molecule has 2 amide bonds. The zero-order valence-corrected chi connectivity index (χ0v) is 27.7. The highest BCUT2D eigenvalue weighted by Crippen LogP contribution is 2.30. The molecule has 0 saturated heterocycles. The van der Waals surface area contributed by atoms with Crippen LogP contribution < -0.4 is 14.4 Å². The number of benzene rings is 3. The number of anilines is 1. The number of aryl methyl sites for hydroxylation is 1. The fourth-order valence-corrected chi connectivity index (χ4v) is 7.25. The van der Waals surface area contributed by atoms with Crippen molar-refractivity contribution in [3.63, 3.8) is 0 Å². The van der Waals surface area contributed by atoms with Crippen LogP contribution in [0.1, 0.15) is 56.6 Å². The average Bonchev–Trinajstić information content (AvgIpc) is 3.04. The molecular formula is C33H39ClN4O7S. The maximum atomic E-state index is 14.3. The van der Waals surface area contributed by atoms with Gasteiger partial charge in [-0.2, -0.15) is 0 Å². The first-order valence-electron chi connectivity index (χ1n) is 15.2. The molecule has 246 valence electrons. The van der Waals surface area contributed by atoms with E-state index >= 15 is 0 Å². The molecule has 0 heterocycles. The molecule has 0 radical (unpaired) electrons. The summed E-state index contributed by atoms with van der Waals surface area (Å²) in [5, 5.41) is 15.2. The number of methoxy groups -OCH3 is 1. The molecule has 1 fully saturated rings. The summed E-state index contributed by atoms with van der Waals surface area (Å²) < 4.78 is 34.5. The summed E-state index contributed by atoms with van der Waals surface area (Å²) in [5.74, 6) is -0.501. The molecule has 1 N–H and O–H groups in total. The van der Waals surface area contributed by atoms with Crippen molar-refractivity contribution in [2.45, 2.75) is 75.9 Å². The normalized spacial score (nSPS) is 14.3. The summed E-state index contributed by atoms with van der Waals surface area (Å²) in [6.45, 7) is 2.58. The predicted octanol–water partition coefficient (Wildman–Crippen LogP) is 6.02. The molecule has 1 atom stereocenters. The Morgan fingerprint density at radius 3 is 2.35 bits per heavy atom. The minimum Gasteiger partial charge on any atom is -0.497 e. The lowest BCUT2D eigenvalue weighted by Gasteiger charge is -2.34. The van der Waals surface area contributed by atoms with E-state index < -0.39 is 33.4 Å². The summed E-state index contributed by atoms with van der Waals surface area (Å²) in [7, 11) is -3.05. The molecule has 3 aromatic carbocycles. The third-order valence-electron chi connectivity index (χ3n) is 8.24. The van der Waals surface area contributed by atoms with Gasteiger partial charge in [-0.15, -0.1) is 0 Å². The predicted molar refractivity (Wildman–Crippen MR) is 176 cm³/mol. The van der Waals surface area contributed by atoms with Gasteiger partial charge in [0.25, 0.3) is 15.7 Å². The van der Waals surface area contributed by atoms with E-state index in [9.17, 15) is 28.1 Å². The molecule has 0 bridgehead atoms. The Morgan fingerprint density at radius 1 is 1.07 bits per heavy atom. The summed E-state index contributed by atoms with van der Waals surface area (Å²) in [6, 6.07) is 15.7. The Hall–Kier alpha value is -4.16. The molecule has 0 spiro atoms. The van der Waals surface area contributed by atoms with E-state index in [0.29, 0.717) is 16.3 Å². The number of carbonyl (C=O) groups excluding carboxylic acids is 2. The van der Waals surface area contributed by atoms with Gasteiger partial charge in [-0.3, -0.25) is 24.0 Å². The van der Waals surface area contributed by atoms with Gasteiger partial charge in [0.2, 0.25) is 11.8 Å². The van der Waals surface area contributed by atoms with Crippen LogP contribution in [0.15, 0.2) is 71.6 Å². The molecule has 1 saturated carbocycles. The molecule has 1 aliphatic rings. The van der Waals surface area contributed by atoms with E-state index in [1.165, 1.54) is 43.2 Å². The van der Waals surface area contributed by atoms with Crippen LogP contribution in [0.5, 0.6) is 5.75 Å². The third-order valence-corrected chi connectivity index (χ3v) is 10.4. The van der Waals surface area contributed by atoms with Crippen LogP contribution in [0.3, 0.4) is 0 Å². The summed E-state index contributed by atoms with van der Waals surface area (Å²) in [5.41, 5.74) is 0.647. The number of nitro benzene ring substituents is 1. The Morgan fingerprint density at radius 2 is 1.74 bits per heavy atom. The van der Waals surface area contributed by atoms with Crippen molar-refractivity contribution in [2.24, 2.45) is 0 Å². The molecule has 11 nitrogen and oxygen atoms in total. The number of ether oxygens (including phenoxy) is 1. The molecule has 13 heteroatoms. The first kappa shape index (κ1) is 34.7. The molecule has 1 aliphatic carbocycles. The molecule has 3 aromatic rings. The smallest absolute Gasteiger partial charge is 0.273 e. The number of sulfonamides is 1. The highest BCUT2D eigenvalue weighted by atomic mass is 35.5. The van der Waals surface area contributed by atoms with E-state index in [0.717, 1.165) is 42.5 Å². The van der Waals surface area contributed by atoms with Crippen LogP contribution in [-0.2, 0) is 26.2 Å². The minimum atomic E-state index is -4.52. The van der Waals surface area contributed by atoms with Crippen molar-refractivity contribution in [2.75, 3.05) is 18.0 Å². The fourth-order valence-electron chi connectivity index (χ4n) is 5.62. The molecule has 0 aromatic heterocycles. The highest BCUT2D eigenvalue weighted by Gasteiger charge is 2.35. The van der Waals surface area contributed by atoms with Gasteiger partial charge in [0, 0.05) is 29.2 Å². The van der Waals surface area contributed by atoms with Gasteiger partial charge in [0.15, 0.2) is 0 Å². The second kappa shape index (κ2) is 15.4. The van der Waals surface area contributed by atoms with Gasteiger partial charge >= 0.3 is 0 Å². The molecule has 0 aliphatic heterocycles. The quantitative estimate of drug-likeness (QED) is 0.173. The van der Waals surface area contributed by atoms with E-state index in [1.807, 2.05) is 0 Å². The van der Waals surface area contributed by atoms with Crippen LogP contribution in [0.25, 0.3) is 0 Å². The number of nitro groups is 1. The maximum absolute atomic E-state index is 14.3. The van der Waals surface area contributed by atoms with Gasteiger partial charge < -0.3 is 15.0 Å². The number of hydrogen-bond donors (Lipinski definition) is 1. The number of nitrogens with zero attached hydrogens (tertiary/aromatic N) is 3. The largest absolute Gasteiger partial charge is 0.497 e. The molecule has 4 rings (SSSR count). The van der Waals surface area contributed by atoms with Gasteiger partial charge in [0.05, 0.1) is 22.6 Å². The van der Waals surface area contributed by atoms with Gasteiger partial charge in [-0.05, 0) is 68.1 Å². The van der Waals surface area contributed by atoms with Crippen molar-refractivity contribution in [3.8, 4) is 5.75 Å². The van der Waals surface area contributed by atoms with Crippen molar-refractivity contribution in [3.05, 3.63) is 93.0 Å². The number of carbonyl (C=O) groups is 2. The topological polar surface area (TPSA) is 139 Å². The van der Waals surface area contributed by atoms with Gasteiger partial charge in [-0.1, -0.05) is 62.1 Å². The molecule has 0 unspecified atom stereocenters. The first-order chi connectivity index (χ1) is 22.0. The number of halogens is 1. The molecular weight excluding hydrogens is 632 g/mol. The maximum Gasteiger partial charge on any atom is 0.273 e. The van der Waals surface area contributed by atoms with Crippen LogP contribution in [0.4, 0.5) is 11.4 Å². The third kappa shape index (κ3) is 8.16. The van der Waals surface area contributed by atoms with Crippen LogP contribution >= 0.6 is 11.6 Å². The van der Waals surface area contributed by atoms with Crippen LogP contribution in [0, 0.1) is 17.0 Å². The lowest BCUT2D eigenvalue weighted by atomic mass is 9.95. The van der Waals surface area contributed by atoms with E-state index in [2.05, 4.69) is 5.32 Å². The zero-order chi connectivity index (χ0) is 33.4. The lowest BCUT2D eigenvalue weighted by Crippen LogP contribution is -2.54. The summed E-state index contributed by atoms with van der Waals surface area (Å²) in [6.07, 6.45) is 5.11. The zero-order valence-electron chi connectivity index (χ0n) is 26.1. The van der Waals surface area contributed by atoms with Gasteiger partial charge in [0.1, 0.15) is 18.3 Å². The van der Waals surface area contributed by atoms with Crippen molar-refractivity contribution < 1.29 is 27.7 Å². The average molecular weight is 671 g/mol. The Balaban J connectivity index is 1.76. The number of rotatable bonds is 13. The minimum absolute atomic E-state index is 0.000990. The summed E-state index contributed by atoms with van der Waals surface area (Å²) in [4.78, 5) is 40.1. The SMILES string of the molecule is CC[C@H](C(=O)NC1CCCCC1)N(Cc1ccccc1Cl)C(=O)CN(c1ccc(OC)cc1)S(=O)(=O)c1ccc(C)c([N+](=O)[O-])c1. The summed E-state index contributed by atoms with van der Waals surface area (Å²) >= 11 is 6.48. The van der Waals surface area contributed by atoms with Crippen molar-refractivity contribution in [1.29, 1.82) is 0 Å². The lowest BCUT2D eigenvalue weighted by molar-refractivity contribution is -0.385. The van der Waals surface area contributed by atoms with Crippen molar-refractivity contribution in [1.82, 2.24) is 10.2 Å². The number of hydrogen-bond acceptors (Lipinski definition) is 7. The number of nitrogens with one attached hydrogen (secondary N) is 1. The van der Waals surface area contributed by atoms with E-state index in [1.54, 1.807) is 43.3 Å². The van der Waals surface area contributed by atoms with E-state index in [4.69, 9.17) is 16.3 Å². The highest BCUT2D eigenvalue weighted by molar-refractivity contribution is 7.92. The van der Waals surface area contributed by atoms with Gasteiger partial charge in [-0.25, -0.2) is 8.42 Å². The Kier molecular flexibility index (Phi) is 11.6. The second-order valence-corrected chi connectivity index (χ2v) is 13.6. The standard InChI is InChI=1S/C33H39ClN4O7S/c1-4-30(33(40)35-25-11-6-5-7-12-25)36(21-24-10-8-9-13-29(24)34)32(39)22-37(26-15-17-27(45-3)18-16-26)46(43,44)28-19-14-23(2)31(20-28)38(41)42/h8-10,13-20,25,30H,4-7,11-12,21-22H2,1-3H3,(H,35,40)/t30-/m1/s1. The number of amides is 2. The van der Waals surface area contributed by atoms with E-state index in [-0.39, 0.29) is 46.7 Å². The first-order valence-corrected chi connectivity index (χ1v) is 17.0. The second-order valence-electron chi connectivity index (χ2n) is 11.3. The Bertz CT molecular complexity index is 1660. The van der Waals surface area contributed by atoms with Crippen molar-refractivity contribution >= 4 is 44.8 Å². The van der Waals surface area contributed by atoms with Crippen LogP contribution in [0.2, 0.25) is 5.02 Å². The van der Waals surface area contributed by atoms with Crippen LogP contribution in [-0.4, -0.2) is 55.8 Å². The molecule has 46 heavy (non-hydrogen) atoms. The fraction of sp³-hybridized carbons (Fsp3) is 0.394.